The minimum Gasteiger partial charge on any atom is -0.383 e. The number of hydrogen-bond acceptors (Lipinski definition) is 8. The van der Waals surface area contributed by atoms with Gasteiger partial charge in [-0.05, 0) is 56.3 Å². The van der Waals surface area contributed by atoms with Crippen LogP contribution in [-0.4, -0.2) is 81.9 Å². The van der Waals surface area contributed by atoms with Crippen LogP contribution in [0.25, 0.3) is 22.3 Å². The highest BCUT2D eigenvalue weighted by molar-refractivity contribution is 6.01. The zero-order chi connectivity index (χ0) is 31.7. The number of nitrogen functional groups attached to an aromatic ring is 1. The molecule has 2 fully saturated rings. The molecule has 1 atom stereocenters. The van der Waals surface area contributed by atoms with Gasteiger partial charge in [0, 0.05) is 50.5 Å². The Bertz CT molecular complexity index is 1690. The molecule has 4 heterocycles. The summed E-state index contributed by atoms with van der Waals surface area (Å²) in [5.74, 6) is -0.557. The van der Waals surface area contributed by atoms with Gasteiger partial charge in [-0.2, -0.15) is 18.3 Å². The summed E-state index contributed by atoms with van der Waals surface area (Å²) in [6, 6.07) is 6.98. The minimum absolute atomic E-state index is 0.0393. The van der Waals surface area contributed by atoms with Crippen molar-refractivity contribution < 1.29 is 22.4 Å². The first-order valence-corrected chi connectivity index (χ1v) is 14.7. The van der Waals surface area contributed by atoms with E-state index in [1.54, 1.807) is 10.7 Å². The number of alkyl halides is 3. The number of fused-ring (bicyclic) bond motifs is 1. The van der Waals surface area contributed by atoms with Crippen molar-refractivity contribution in [1.82, 2.24) is 34.9 Å². The number of rotatable bonds is 6. The van der Waals surface area contributed by atoms with Crippen molar-refractivity contribution in [2.24, 2.45) is 0 Å². The number of aromatic nitrogens is 4. The first-order valence-electron chi connectivity index (χ1n) is 14.7. The molecule has 0 aliphatic carbocycles. The third kappa shape index (κ3) is 6.70. The summed E-state index contributed by atoms with van der Waals surface area (Å²) in [7, 11) is 1.97. The SMILES string of the molecule is CN1CCN(Cc2ccc(NC(=O)Nc3ccc(-c4nn(C5CCCNC5)c5ncnc(N)c45)cc3F)cc2C(F)(F)F)CC1. The van der Waals surface area contributed by atoms with Crippen molar-refractivity contribution in [3.8, 4) is 11.3 Å². The molecule has 2 aliphatic heterocycles. The van der Waals surface area contributed by atoms with Crippen LogP contribution in [0.15, 0.2) is 42.7 Å². The van der Waals surface area contributed by atoms with Gasteiger partial charge >= 0.3 is 12.2 Å². The van der Waals surface area contributed by atoms with Crippen LogP contribution in [0.1, 0.15) is 30.0 Å². The highest BCUT2D eigenvalue weighted by Crippen LogP contribution is 2.36. The molecule has 2 aromatic carbocycles. The number of nitrogens with one attached hydrogen (secondary N) is 3. The maximum atomic E-state index is 15.3. The number of benzene rings is 2. The van der Waals surface area contributed by atoms with E-state index in [2.05, 4.69) is 30.8 Å². The predicted octanol–water partition coefficient (Wildman–Crippen LogP) is 4.55. The second-order valence-electron chi connectivity index (χ2n) is 11.5. The highest BCUT2D eigenvalue weighted by Gasteiger charge is 2.34. The summed E-state index contributed by atoms with van der Waals surface area (Å²) in [6.07, 6.45) is -1.39. The summed E-state index contributed by atoms with van der Waals surface area (Å²) < 4.78 is 59.0. The molecule has 238 valence electrons. The van der Waals surface area contributed by atoms with Gasteiger partial charge in [0.25, 0.3) is 0 Å². The first kappa shape index (κ1) is 30.7. The van der Waals surface area contributed by atoms with Gasteiger partial charge in [-0.25, -0.2) is 23.8 Å². The van der Waals surface area contributed by atoms with Gasteiger partial charge in [-0.1, -0.05) is 12.1 Å². The fraction of sp³-hybridized carbons (Fsp3) is 0.400. The number of hydrogen-bond donors (Lipinski definition) is 4. The average molecular weight is 627 g/mol. The van der Waals surface area contributed by atoms with Crippen LogP contribution in [0, 0.1) is 5.82 Å². The molecule has 0 saturated carbocycles. The molecule has 11 nitrogen and oxygen atoms in total. The van der Waals surface area contributed by atoms with Gasteiger partial charge in [0.05, 0.1) is 22.7 Å². The number of nitrogens with two attached hydrogens (primary N) is 1. The van der Waals surface area contributed by atoms with Gasteiger partial charge < -0.3 is 26.6 Å². The van der Waals surface area contributed by atoms with Gasteiger partial charge in [0.2, 0.25) is 0 Å². The van der Waals surface area contributed by atoms with E-state index < -0.39 is 23.6 Å². The molecule has 15 heteroatoms. The molecular weight excluding hydrogens is 592 g/mol. The molecule has 6 rings (SSSR count). The number of piperazine rings is 1. The van der Waals surface area contributed by atoms with E-state index in [9.17, 15) is 18.0 Å². The van der Waals surface area contributed by atoms with Gasteiger partial charge in [-0.3, -0.25) is 4.90 Å². The Balaban J connectivity index is 1.19. The van der Waals surface area contributed by atoms with Crippen LogP contribution in [0.2, 0.25) is 0 Å². The molecule has 0 spiro atoms. The summed E-state index contributed by atoms with van der Waals surface area (Å²) in [6.45, 7) is 4.65. The third-order valence-electron chi connectivity index (χ3n) is 8.29. The molecule has 45 heavy (non-hydrogen) atoms. The van der Waals surface area contributed by atoms with E-state index in [1.807, 2.05) is 11.9 Å². The lowest BCUT2D eigenvalue weighted by Crippen LogP contribution is -2.44. The average Bonchev–Trinajstić information content (AvgIpc) is 3.41. The van der Waals surface area contributed by atoms with Crippen molar-refractivity contribution in [2.45, 2.75) is 31.6 Å². The zero-order valence-electron chi connectivity index (χ0n) is 24.7. The fourth-order valence-electron chi connectivity index (χ4n) is 5.85. The number of amides is 2. The summed E-state index contributed by atoms with van der Waals surface area (Å²) in [5.41, 5.74) is 6.61. The van der Waals surface area contributed by atoms with E-state index in [4.69, 9.17) is 10.8 Å². The maximum Gasteiger partial charge on any atom is 0.416 e. The highest BCUT2D eigenvalue weighted by atomic mass is 19.4. The molecule has 0 radical (unpaired) electrons. The molecular formula is C30H34F4N10O. The van der Waals surface area contributed by atoms with Crippen LogP contribution in [-0.2, 0) is 12.7 Å². The minimum atomic E-state index is -4.61. The monoisotopic (exact) mass is 626 g/mol. The van der Waals surface area contributed by atoms with Gasteiger partial charge in [0.1, 0.15) is 23.7 Å². The number of halogens is 4. The second kappa shape index (κ2) is 12.6. The van der Waals surface area contributed by atoms with E-state index in [0.29, 0.717) is 41.9 Å². The molecule has 0 bridgehead atoms. The molecule has 5 N–H and O–H groups in total. The molecule has 2 amide bonds. The lowest BCUT2D eigenvalue weighted by atomic mass is 10.0. The van der Waals surface area contributed by atoms with Gasteiger partial charge in [-0.15, -0.1) is 0 Å². The van der Waals surface area contributed by atoms with Crippen LogP contribution in [0.5, 0.6) is 0 Å². The Morgan fingerprint density at radius 2 is 1.89 bits per heavy atom. The summed E-state index contributed by atoms with van der Waals surface area (Å²) >= 11 is 0. The first-order chi connectivity index (χ1) is 21.6. The maximum absolute atomic E-state index is 15.3. The molecule has 1 unspecified atom stereocenters. The largest absolute Gasteiger partial charge is 0.416 e. The standard InChI is InChI=1S/C30H34F4N10O/c1-42-9-11-43(12-10-42)16-19-4-6-20(14-22(19)30(32,33)34)39-29(45)40-24-7-5-18(13-23(24)31)26-25-27(35)37-17-38-28(25)44(41-26)21-3-2-8-36-15-21/h4-7,13-14,17,21,36H,2-3,8-12,15-16H2,1H3,(H2,35,37,38)(H2,39,40,45). The Morgan fingerprint density at radius 1 is 1.09 bits per heavy atom. The molecule has 2 saturated heterocycles. The quantitative estimate of drug-likeness (QED) is 0.230. The fourth-order valence-corrected chi connectivity index (χ4v) is 5.85. The van der Waals surface area contributed by atoms with E-state index in [0.717, 1.165) is 38.5 Å². The van der Waals surface area contributed by atoms with Crippen molar-refractivity contribution >= 4 is 34.3 Å². The predicted molar refractivity (Wildman–Crippen MR) is 163 cm³/mol. The number of anilines is 3. The summed E-state index contributed by atoms with van der Waals surface area (Å²) in [4.78, 5) is 25.3. The number of likely N-dealkylation sites (N-methyl/N-ethyl adjacent to an activating group) is 1. The number of piperidine rings is 1. The Morgan fingerprint density at radius 3 is 2.60 bits per heavy atom. The second-order valence-corrected chi connectivity index (χ2v) is 11.5. The van der Waals surface area contributed by atoms with Crippen molar-refractivity contribution in [3.05, 3.63) is 59.7 Å². The molecule has 2 aliphatic rings. The smallest absolute Gasteiger partial charge is 0.383 e. The normalized spacial score (nSPS) is 18.3. The van der Waals surface area contributed by atoms with Gasteiger partial charge in [0.15, 0.2) is 5.65 Å². The molecule has 4 aromatic rings. The Labute approximate surface area is 256 Å². The van der Waals surface area contributed by atoms with E-state index in [1.165, 1.54) is 30.6 Å². The van der Waals surface area contributed by atoms with Crippen LogP contribution >= 0.6 is 0 Å². The van der Waals surface area contributed by atoms with Crippen molar-refractivity contribution in [2.75, 3.05) is 62.7 Å². The zero-order valence-corrected chi connectivity index (χ0v) is 24.7. The topological polar surface area (TPSA) is 129 Å². The number of carbonyl (C=O) groups excluding carboxylic acids is 1. The van der Waals surface area contributed by atoms with Crippen molar-refractivity contribution in [3.63, 3.8) is 0 Å². The van der Waals surface area contributed by atoms with Crippen LogP contribution < -0.4 is 21.7 Å². The third-order valence-corrected chi connectivity index (χ3v) is 8.29. The molecule has 2 aromatic heterocycles. The lowest BCUT2D eigenvalue weighted by Gasteiger charge is -2.33. The number of urea groups is 1. The van der Waals surface area contributed by atoms with Crippen molar-refractivity contribution in [1.29, 1.82) is 0 Å². The number of carbonyl (C=O) groups is 1. The number of nitrogens with zero attached hydrogens (tertiary/aromatic N) is 6. The Kier molecular flexibility index (Phi) is 8.57. The van der Waals surface area contributed by atoms with Crippen LogP contribution in [0.3, 0.4) is 0 Å². The Hall–Kier alpha value is -4.34. The lowest BCUT2D eigenvalue weighted by molar-refractivity contribution is -0.138. The summed E-state index contributed by atoms with van der Waals surface area (Å²) in [5, 5.41) is 13.4. The van der Waals surface area contributed by atoms with Crippen LogP contribution in [0.4, 0.5) is 39.5 Å². The van der Waals surface area contributed by atoms with E-state index in [-0.39, 0.29) is 35.3 Å². The van der Waals surface area contributed by atoms with E-state index >= 15 is 4.39 Å².